The molecule has 3 atom stereocenters. The van der Waals surface area contributed by atoms with Crippen molar-refractivity contribution in [2.75, 3.05) is 6.61 Å². The Bertz CT molecular complexity index is 1660. The van der Waals surface area contributed by atoms with E-state index in [2.05, 4.69) is 11.9 Å². The molecule has 3 aromatic carbocycles. The summed E-state index contributed by atoms with van der Waals surface area (Å²) in [7, 11) is -3.65. The van der Waals surface area contributed by atoms with Crippen LogP contribution in [-0.2, 0) is 34.6 Å². The molecule has 2 amide bonds. The van der Waals surface area contributed by atoms with Crippen LogP contribution in [-0.4, -0.2) is 60.1 Å². The number of aryl methyl sites for hydroxylation is 1. The number of esters is 1. The predicted molar refractivity (Wildman–Crippen MR) is 162 cm³/mol. The zero-order valence-corrected chi connectivity index (χ0v) is 25.4. The van der Waals surface area contributed by atoms with Gasteiger partial charge in [-0.3, -0.25) is 19.7 Å². The maximum atomic E-state index is 13.4. The Hall–Kier alpha value is -4.69. The van der Waals surface area contributed by atoms with Gasteiger partial charge < -0.3 is 19.7 Å². The molecule has 1 fully saturated rings. The highest BCUT2D eigenvalue weighted by Crippen LogP contribution is 2.40. The molecule has 44 heavy (non-hydrogen) atoms. The number of non-ortho nitro benzene ring substituents is 1. The maximum Gasteiger partial charge on any atom is 0.333 e. The summed E-state index contributed by atoms with van der Waals surface area (Å²) in [5.74, 6) is -1.84. The van der Waals surface area contributed by atoms with Gasteiger partial charge in [-0.25, -0.2) is 13.2 Å². The number of nitro groups is 1. The first-order valence-corrected chi connectivity index (χ1v) is 16.1. The molecule has 1 unspecified atom stereocenters. The molecule has 0 aliphatic carbocycles. The number of nitrogens with zero attached hydrogens (tertiary/aromatic N) is 2. The first-order chi connectivity index (χ1) is 20.9. The van der Waals surface area contributed by atoms with Crippen molar-refractivity contribution in [3.8, 4) is 5.75 Å². The summed E-state index contributed by atoms with van der Waals surface area (Å²) in [6.07, 6.45) is 0. The van der Waals surface area contributed by atoms with Gasteiger partial charge in [0, 0.05) is 22.9 Å². The van der Waals surface area contributed by atoms with Crippen LogP contribution >= 0.6 is 10.8 Å². The summed E-state index contributed by atoms with van der Waals surface area (Å²) < 4.78 is 37.6. The Kier molecular flexibility index (Phi) is 10.1. The molecule has 0 spiro atoms. The van der Waals surface area contributed by atoms with Gasteiger partial charge in [0.15, 0.2) is 12.6 Å². The van der Waals surface area contributed by atoms with Crippen molar-refractivity contribution in [1.29, 1.82) is 0 Å². The number of benzene rings is 3. The summed E-state index contributed by atoms with van der Waals surface area (Å²) >= 11 is 0. The molecule has 1 aliphatic rings. The molecule has 1 saturated heterocycles. The Morgan fingerprint density at radius 2 is 1.70 bits per heavy atom. The highest BCUT2D eigenvalue weighted by Gasteiger charge is 2.55. The van der Waals surface area contributed by atoms with E-state index in [0.717, 1.165) is 10.5 Å². The molecule has 0 aromatic heterocycles. The van der Waals surface area contributed by atoms with E-state index < -0.39 is 55.6 Å². The summed E-state index contributed by atoms with van der Waals surface area (Å²) in [4.78, 5) is 50.8. The first-order valence-electron chi connectivity index (χ1n) is 13.2. The second-order valence-corrected chi connectivity index (χ2v) is 13.9. The van der Waals surface area contributed by atoms with Gasteiger partial charge in [-0.05, 0) is 61.4 Å². The molecular formula is C30H29N3O9S2. The fraction of sp³-hybridized carbons (Fsp3) is 0.233. The highest BCUT2D eigenvalue weighted by molar-refractivity contribution is 8.72. The van der Waals surface area contributed by atoms with Crippen molar-refractivity contribution < 1.29 is 37.2 Å². The number of carbonyl (C=O) groups excluding carboxylic acids is 3. The molecule has 1 N–H and O–H groups in total. The van der Waals surface area contributed by atoms with Crippen molar-refractivity contribution >= 4 is 43.1 Å². The number of nitro benzene ring substituents is 1. The average molecular weight is 640 g/mol. The summed E-state index contributed by atoms with van der Waals surface area (Å²) in [6.45, 7) is 6.40. The normalized spacial score (nSPS) is 16.8. The minimum absolute atomic E-state index is 0.0162. The second kappa shape index (κ2) is 13.7. The lowest BCUT2D eigenvalue weighted by molar-refractivity contribution is -0.384. The molecule has 1 heterocycles. The van der Waals surface area contributed by atoms with Crippen LogP contribution in [0.1, 0.15) is 18.1 Å². The highest BCUT2D eigenvalue weighted by atomic mass is 33.1. The van der Waals surface area contributed by atoms with E-state index in [-0.39, 0.29) is 22.8 Å². The van der Waals surface area contributed by atoms with Gasteiger partial charge in [0.1, 0.15) is 23.8 Å². The number of hydrogen-bond acceptors (Lipinski definition) is 10. The van der Waals surface area contributed by atoms with Crippen LogP contribution in [0.2, 0.25) is 0 Å². The molecule has 230 valence electrons. The van der Waals surface area contributed by atoms with Crippen LogP contribution < -0.4 is 10.1 Å². The van der Waals surface area contributed by atoms with Crippen molar-refractivity contribution in [2.24, 2.45) is 0 Å². The largest absolute Gasteiger partial charge is 0.484 e. The fourth-order valence-corrected chi connectivity index (χ4v) is 7.78. The maximum absolute atomic E-state index is 13.4. The van der Waals surface area contributed by atoms with E-state index in [4.69, 9.17) is 9.47 Å². The minimum Gasteiger partial charge on any atom is -0.484 e. The average Bonchev–Trinajstić information content (AvgIpc) is 3.00. The lowest BCUT2D eigenvalue weighted by Crippen LogP contribution is -2.73. The minimum atomic E-state index is -4.07. The Morgan fingerprint density at radius 1 is 1.07 bits per heavy atom. The number of ether oxygens (including phenoxy) is 2. The van der Waals surface area contributed by atoms with Crippen molar-refractivity contribution in [3.05, 3.63) is 112 Å². The van der Waals surface area contributed by atoms with E-state index in [1.807, 2.05) is 0 Å². The van der Waals surface area contributed by atoms with Crippen LogP contribution in [0.25, 0.3) is 0 Å². The second-order valence-electron chi connectivity index (χ2n) is 9.93. The number of β-lactam (4-membered cyclic amide) rings is 1. The number of rotatable bonds is 13. The number of likely N-dealkylation sites (tertiary alicyclic amines) is 1. The standard InChI is InChI=1S/C30H29N3O9S2/c1-19(2)27(30(36)42-17-21-11-13-22(14-12-21)33(37)38)32-28(35)26(31-25(34)18-41-23-7-5-4-6-8-23)29(32)43-44(39,40)24-15-9-20(3)10-16-24/h4-16,26-27,29H,1,17-18H2,2-3H3,(H,31,34)/t26-,27?,29-/m1/s1. The number of amides is 2. The Labute approximate surface area is 257 Å². The topological polar surface area (TPSA) is 162 Å². The van der Waals surface area contributed by atoms with E-state index in [1.54, 1.807) is 49.4 Å². The quantitative estimate of drug-likeness (QED) is 0.0728. The molecule has 3 aromatic rings. The summed E-state index contributed by atoms with van der Waals surface area (Å²) in [5.41, 5.74) is 1.36. The lowest BCUT2D eigenvalue weighted by Gasteiger charge is -2.49. The van der Waals surface area contributed by atoms with Gasteiger partial charge in [-0.1, -0.05) is 42.5 Å². The molecular weight excluding hydrogens is 610 g/mol. The monoisotopic (exact) mass is 639 g/mol. The zero-order valence-electron chi connectivity index (χ0n) is 23.7. The van der Waals surface area contributed by atoms with Gasteiger partial charge in [0.05, 0.1) is 9.82 Å². The van der Waals surface area contributed by atoms with Crippen LogP contribution in [0.3, 0.4) is 0 Å². The van der Waals surface area contributed by atoms with E-state index >= 15 is 0 Å². The molecule has 14 heteroatoms. The summed E-state index contributed by atoms with van der Waals surface area (Å²) in [6, 6.07) is 17.3. The number of carbonyl (C=O) groups is 3. The van der Waals surface area contributed by atoms with Crippen LogP contribution in [0.5, 0.6) is 5.75 Å². The number of para-hydroxylation sites is 1. The first kappa shape index (κ1) is 32.2. The van der Waals surface area contributed by atoms with Gasteiger partial charge in [-0.15, -0.1) is 0 Å². The van der Waals surface area contributed by atoms with Gasteiger partial charge in [0.2, 0.25) is 14.8 Å². The Balaban J connectivity index is 1.54. The van der Waals surface area contributed by atoms with Gasteiger partial charge in [0.25, 0.3) is 11.6 Å². The SMILES string of the molecule is C=C(C)C(C(=O)OCc1ccc([N+](=O)[O-])cc1)N1C(=O)[C@@H](NC(=O)COc2ccccc2)[C@H]1SS(=O)(=O)c1ccc(C)cc1. The molecule has 1 aliphatic heterocycles. The predicted octanol–water partition coefficient (Wildman–Crippen LogP) is 3.75. The van der Waals surface area contributed by atoms with Crippen LogP contribution in [0, 0.1) is 17.0 Å². The molecule has 0 saturated carbocycles. The molecule has 0 bridgehead atoms. The van der Waals surface area contributed by atoms with E-state index in [9.17, 15) is 32.9 Å². The molecule has 12 nitrogen and oxygen atoms in total. The molecule has 0 radical (unpaired) electrons. The Morgan fingerprint density at radius 3 is 2.30 bits per heavy atom. The zero-order chi connectivity index (χ0) is 32.0. The number of hydrogen-bond donors (Lipinski definition) is 1. The van der Waals surface area contributed by atoms with Crippen LogP contribution in [0.4, 0.5) is 5.69 Å². The van der Waals surface area contributed by atoms with Crippen LogP contribution in [0.15, 0.2) is 95.9 Å². The van der Waals surface area contributed by atoms with Crippen molar-refractivity contribution in [1.82, 2.24) is 10.2 Å². The lowest BCUT2D eigenvalue weighted by atomic mass is 9.99. The van der Waals surface area contributed by atoms with Crippen molar-refractivity contribution in [2.45, 2.75) is 42.8 Å². The van der Waals surface area contributed by atoms with E-state index in [1.165, 1.54) is 43.3 Å². The third-order valence-corrected chi connectivity index (χ3v) is 10.3. The summed E-state index contributed by atoms with van der Waals surface area (Å²) in [5, 5.41) is 12.2. The van der Waals surface area contributed by atoms with Crippen molar-refractivity contribution in [3.63, 3.8) is 0 Å². The third kappa shape index (κ3) is 7.63. The van der Waals surface area contributed by atoms with E-state index in [0.29, 0.717) is 22.1 Å². The third-order valence-electron chi connectivity index (χ3n) is 6.54. The molecule has 4 rings (SSSR count). The van der Waals surface area contributed by atoms with Gasteiger partial charge in [-0.2, -0.15) is 0 Å². The fourth-order valence-electron chi connectivity index (χ4n) is 4.27. The number of nitrogens with one attached hydrogen (secondary N) is 1. The van der Waals surface area contributed by atoms with Gasteiger partial charge >= 0.3 is 5.97 Å². The smallest absolute Gasteiger partial charge is 0.333 e.